The van der Waals surface area contributed by atoms with Crippen molar-refractivity contribution in [1.29, 1.82) is 0 Å². The van der Waals surface area contributed by atoms with Crippen molar-refractivity contribution < 1.29 is 34.8 Å². The molecule has 0 bridgehead atoms. The average molecular weight is 471 g/mol. The molecule has 0 fully saturated rings. The number of hydrogen-bond donors (Lipinski definition) is 5. The van der Waals surface area contributed by atoms with Gasteiger partial charge in [-0.2, -0.15) is 0 Å². The topological polar surface area (TPSA) is 161 Å². The van der Waals surface area contributed by atoms with E-state index in [0.29, 0.717) is 30.4 Å². The minimum absolute atomic E-state index is 0.0805. The summed E-state index contributed by atoms with van der Waals surface area (Å²) in [6.45, 7) is 3.81. The van der Waals surface area contributed by atoms with Gasteiger partial charge in [-0.25, -0.2) is 0 Å². The Morgan fingerprint density at radius 1 is 1.15 bits per heavy atom. The molecule has 0 spiro atoms. The van der Waals surface area contributed by atoms with Crippen LogP contribution in [-0.4, -0.2) is 68.5 Å². The Labute approximate surface area is 197 Å². The average Bonchev–Trinajstić information content (AvgIpc) is 2.76. The number of allylic oxidation sites excluding steroid dienone is 1. The van der Waals surface area contributed by atoms with E-state index >= 15 is 0 Å². The van der Waals surface area contributed by atoms with Crippen molar-refractivity contribution in [1.82, 2.24) is 4.90 Å². The van der Waals surface area contributed by atoms with Crippen LogP contribution in [0.1, 0.15) is 47.3 Å². The number of aliphatic hydroxyl groups excluding tert-OH is 2. The number of Topliss-reactive ketones (excluding diaryl/α,β-unsaturated/α-hetero) is 2. The van der Waals surface area contributed by atoms with E-state index in [1.165, 1.54) is 4.90 Å². The molecule has 34 heavy (non-hydrogen) atoms. The Balaban J connectivity index is 1.99. The summed E-state index contributed by atoms with van der Waals surface area (Å²) in [5.74, 6) is -6.27. The minimum Gasteiger partial charge on any atom is -0.510 e. The van der Waals surface area contributed by atoms with Gasteiger partial charge in [-0.05, 0) is 62.4 Å². The molecule has 0 saturated carbocycles. The van der Waals surface area contributed by atoms with Crippen LogP contribution in [0.25, 0.3) is 0 Å². The molecule has 9 heteroatoms. The third-order valence-corrected chi connectivity index (χ3v) is 7.66. The van der Waals surface area contributed by atoms with Crippen LogP contribution in [0.2, 0.25) is 0 Å². The van der Waals surface area contributed by atoms with E-state index in [2.05, 4.69) is 0 Å². The molecule has 0 aliphatic heterocycles. The first-order valence-corrected chi connectivity index (χ1v) is 11.4. The summed E-state index contributed by atoms with van der Waals surface area (Å²) < 4.78 is 0. The first kappa shape index (κ1) is 24.0. The van der Waals surface area contributed by atoms with Gasteiger partial charge in [-0.1, -0.05) is 19.9 Å². The highest BCUT2D eigenvalue weighted by molar-refractivity contribution is 6.24. The molecule has 0 radical (unpaired) electrons. The number of phenolic OH excluding ortho intramolecular Hbond substituents is 1. The summed E-state index contributed by atoms with van der Waals surface area (Å²) >= 11 is 0. The van der Waals surface area contributed by atoms with Gasteiger partial charge in [-0.15, -0.1) is 0 Å². The van der Waals surface area contributed by atoms with Gasteiger partial charge in [0.15, 0.2) is 11.4 Å². The number of carbonyl (C=O) groups is 3. The molecular formula is C25H30N2O7. The number of nitrogens with zero attached hydrogens (tertiary/aromatic N) is 1. The summed E-state index contributed by atoms with van der Waals surface area (Å²) in [5, 5.41) is 44.5. The number of aromatic hydroxyl groups is 1. The van der Waals surface area contributed by atoms with Crippen molar-refractivity contribution in [3.63, 3.8) is 0 Å². The fourth-order valence-electron chi connectivity index (χ4n) is 6.04. The van der Waals surface area contributed by atoms with E-state index in [9.17, 15) is 34.8 Å². The molecule has 4 atom stereocenters. The third-order valence-electron chi connectivity index (χ3n) is 7.66. The van der Waals surface area contributed by atoms with Gasteiger partial charge in [0, 0.05) is 11.5 Å². The molecule has 3 aliphatic carbocycles. The van der Waals surface area contributed by atoms with E-state index in [1.807, 2.05) is 19.9 Å². The number of benzene rings is 1. The first-order valence-electron chi connectivity index (χ1n) is 11.4. The van der Waals surface area contributed by atoms with Gasteiger partial charge in [0.25, 0.3) is 5.91 Å². The molecule has 1 aromatic carbocycles. The second kappa shape index (κ2) is 7.95. The maximum Gasteiger partial charge on any atom is 0.255 e. The van der Waals surface area contributed by atoms with E-state index in [4.69, 9.17) is 5.73 Å². The number of fused-ring (bicyclic) bond motifs is 3. The van der Waals surface area contributed by atoms with Crippen LogP contribution in [0, 0.1) is 11.8 Å². The van der Waals surface area contributed by atoms with Gasteiger partial charge in [-0.3, -0.25) is 19.3 Å². The number of likely N-dealkylation sites (N-methyl/N-ethyl adjacent to an activating group) is 1. The number of nitrogens with two attached hydrogens (primary N) is 1. The van der Waals surface area contributed by atoms with Crippen LogP contribution >= 0.6 is 0 Å². The molecule has 0 saturated heterocycles. The lowest BCUT2D eigenvalue weighted by atomic mass is 9.58. The van der Waals surface area contributed by atoms with Crippen molar-refractivity contribution >= 4 is 17.5 Å². The van der Waals surface area contributed by atoms with Gasteiger partial charge in [0.1, 0.15) is 22.8 Å². The Hall–Kier alpha value is -3.17. The first-order chi connectivity index (χ1) is 15.9. The standard InChI is InChI=1S/C25H30N2O7/c1-5-10-7-11(6-2)19(28)16-13(10)8-12-9-14-18(27(3)4)21(30)17(24(26)33)23(32)25(14,34)22(31)15(12)20(16)29/h7,12,14,18,28,30-31,34H,5-6,8-9H2,1-4H3,(H2,26,33)/t12-,14-,18-,25-/m0/s1. The third kappa shape index (κ3) is 2.96. The molecule has 3 aliphatic rings. The van der Waals surface area contributed by atoms with Crippen LogP contribution in [0.15, 0.2) is 28.7 Å². The minimum atomic E-state index is -2.61. The fourth-order valence-corrected chi connectivity index (χ4v) is 6.04. The van der Waals surface area contributed by atoms with Crippen LogP contribution < -0.4 is 5.73 Å². The lowest BCUT2D eigenvalue weighted by molar-refractivity contribution is -0.148. The largest absolute Gasteiger partial charge is 0.510 e. The molecule has 1 aromatic rings. The molecule has 0 heterocycles. The highest BCUT2D eigenvalue weighted by Gasteiger charge is 2.63. The number of phenols is 1. The molecule has 4 rings (SSSR count). The zero-order chi connectivity index (χ0) is 25.3. The number of hydrogen-bond acceptors (Lipinski definition) is 8. The quantitative estimate of drug-likeness (QED) is 0.411. The number of aryl methyl sites for hydroxylation is 2. The molecule has 1 amide bonds. The van der Waals surface area contributed by atoms with Crippen molar-refractivity contribution in [3.05, 3.63) is 51.0 Å². The Bertz CT molecular complexity index is 1200. The zero-order valence-corrected chi connectivity index (χ0v) is 19.7. The second-order valence-electron chi connectivity index (χ2n) is 9.57. The van der Waals surface area contributed by atoms with Crippen molar-refractivity contribution in [3.8, 4) is 5.75 Å². The lowest BCUT2D eigenvalue weighted by Gasteiger charge is -2.50. The van der Waals surface area contributed by atoms with Crippen LogP contribution in [0.4, 0.5) is 0 Å². The van der Waals surface area contributed by atoms with Crippen molar-refractivity contribution in [2.75, 3.05) is 14.1 Å². The Kier molecular flexibility index (Phi) is 5.61. The number of ketones is 2. The molecular weight excluding hydrogens is 440 g/mol. The molecule has 182 valence electrons. The van der Waals surface area contributed by atoms with Gasteiger partial charge in [0.2, 0.25) is 5.78 Å². The van der Waals surface area contributed by atoms with Gasteiger partial charge in [0.05, 0.1) is 11.6 Å². The molecule has 9 nitrogen and oxygen atoms in total. The van der Waals surface area contributed by atoms with Gasteiger partial charge >= 0.3 is 0 Å². The zero-order valence-electron chi connectivity index (χ0n) is 19.7. The monoisotopic (exact) mass is 470 g/mol. The summed E-state index contributed by atoms with van der Waals surface area (Å²) in [6.07, 6.45) is 1.54. The SMILES string of the molecule is CCc1cc(CC)c2c(c1O)C(=O)C1=C(O)[C@]3(O)C(=O)C(C(N)=O)=C(O)[C@@H](N(C)C)[C@@H]3C[C@@H]1C2. The second-order valence-corrected chi connectivity index (χ2v) is 9.57. The number of aliphatic hydroxyl groups is 3. The Morgan fingerprint density at radius 3 is 2.29 bits per heavy atom. The molecule has 0 aromatic heterocycles. The van der Waals surface area contributed by atoms with E-state index in [0.717, 1.165) is 5.56 Å². The normalized spacial score (nSPS) is 28.7. The lowest BCUT2D eigenvalue weighted by Crippen LogP contribution is -2.63. The predicted molar refractivity (Wildman–Crippen MR) is 122 cm³/mol. The van der Waals surface area contributed by atoms with Gasteiger partial charge < -0.3 is 26.2 Å². The number of amides is 1. The Morgan fingerprint density at radius 2 is 1.76 bits per heavy atom. The number of primary amides is 1. The summed E-state index contributed by atoms with van der Waals surface area (Å²) in [6, 6.07) is 0.891. The highest BCUT2D eigenvalue weighted by Crippen LogP contribution is 2.52. The van der Waals surface area contributed by atoms with E-state index in [1.54, 1.807) is 14.1 Å². The number of rotatable bonds is 4. The highest BCUT2D eigenvalue weighted by atomic mass is 16.3. The van der Waals surface area contributed by atoms with Crippen molar-refractivity contribution in [2.45, 2.75) is 51.2 Å². The maximum atomic E-state index is 13.7. The fraction of sp³-hybridized carbons (Fsp3) is 0.480. The van der Waals surface area contributed by atoms with E-state index in [-0.39, 0.29) is 23.3 Å². The summed E-state index contributed by atoms with van der Waals surface area (Å²) in [7, 11) is 3.21. The summed E-state index contributed by atoms with van der Waals surface area (Å²) in [5.41, 5.74) is 4.07. The number of carbonyl (C=O) groups excluding carboxylic acids is 3. The van der Waals surface area contributed by atoms with Crippen LogP contribution in [0.5, 0.6) is 5.75 Å². The van der Waals surface area contributed by atoms with Crippen molar-refractivity contribution in [2.24, 2.45) is 17.6 Å². The van der Waals surface area contributed by atoms with E-state index < -0.39 is 58.0 Å². The van der Waals surface area contributed by atoms with Crippen LogP contribution in [0.3, 0.4) is 0 Å². The van der Waals surface area contributed by atoms with Crippen LogP contribution in [-0.2, 0) is 28.9 Å². The maximum absolute atomic E-state index is 13.7. The molecule has 0 unspecified atom stereocenters. The summed E-state index contributed by atoms with van der Waals surface area (Å²) in [4.78, 5) is 40.5. The predicted octanol–water partition coefficient (Wildman–Crippen LogP) is 1.25. The molecule has 6 N–H and O–H groups in total. The smallest absolute Gasteiger partial charge is 0.255 e.